The maximum absolute atomic E-state index is 12.1. The van der Waals surface area contributed by atoms with Crippen molar-refractivity contribution in [3.05, 3.63) is 23.5 Å². The van der Waals surface area contributed by atoms with Crippen LogP contribution in [0.3, 0.4) is 0 Å². The summed E-state index contributed by atoms with van der Waals surface area (Å²) in [6, 6.07) is 3.24. The van der Waals surface area contributed by atoms with Crippen molar-refractivity contribution in [1.82, 2.24) is 9.71 Å². The van der Waals surface area contributed by atoms with Gasteiger partial charge in [0.2, 0.25) is 10.0 Å². The topological polar surface area (TPSA) is 88.2 Å². The van der Waals surface area contributed by atoms with E-state index in [2.05, 4.69) is 14.4 Å². The van der Waals surface area contributed by atoms with Gasteiger partial charge in [0.1, 0.15) is 0 Å². The van der Waals surface area contributed by atoms with Crippen LogP contribution in [-0.4, -0.2) is 28.6 Å². The zero-order valence-corrected chi connectivity index (χ0v) is 15.6. The van der Waals surface area contributed by atoms with Crippen LogP contribution in [0, 0.1) is 0 Å². The van der Waals surface area contributed by atoms with Gasteiger partial charge in [-0.3, -0.25) is 9.71 Å². The van der Waals surface area contributed by atoms with Crippen molar-refractivity contribution in [3.63, 3.8) is 0 Å². The van der Waals surface area contributed by atoms with E-state index in [0.29, 0.717) is 17.8 Å². The minimum Gasteiger partial charge on any atom is -0.282 e. The molecule has 0 spiro atoms. The number of aryl methyl sites for hydroxylation is 1. The van der Waals surface area contributed by atoms with Gasteiger partial charge in [0.05, 0.1) is 45.1 Å². The molecule has 1 aromatic heterocycles. The molecule has 22 heavy (non-hydrogen) atoms. The zero-order chi connectivity index (χ0) is 17.1. The third-order valence-electron chi connectivity index (χ3n) is 2.91. The van der Waals surface area contributed by atoms with Crippen LogP contribution in [0.1, 0.15) is 52.0 Å². The van der Waals surface area contributed by atoms with Gasteiger partial charge in [0, 0.05) is 0 Å². The molecule has 8 heteroatoms. The molecular weight excluding hydrogens is 322 g/mol. The summed E-state index contributed by atoms with van der Waals surface area (Å²) in [4.78, 5) is 4.49. The monoisotopic (exact) mass is 347 g/mol. The molecule has 0 saturated heterocycles. The number of pyridine rings is 1. The van der Waals surface area contributed by atoms with E-state index in [1.807, 2.05) is 34.6 Å². The smallest absolute Gasteiger partial charge is 0.229 e. The summed E-state index contributed by atoms with van der Waals surface area (Å²) < 4.78 is 40.0. The third-order valence-corrected chi connectivity index (χ3v) is 5.18. The quantitative estimate of drug-likeness (QED) is 0.825. The number of hydrogen-bond acceptors (Lipinski definition) is 4. The SMILES string of the molecule is CCc1nc([C@@H](C)NS(=O)C(C)(C)C)ccc1NS(C)(=O)=O. The molecule has 1 aromatic rings. The van der Waals surface area contributed by atoms with Crippen molar-refractivity contribution >= 4 is 26.7 Å². The molecule has 0 aliphatic carbocycles. The average Bonchev–Trinajstić information content (AvgIpc) is 2.36. The van der Waals surface area contributed by atoms with Gasteiger partial charge >= 0.3 is 0 Å². The highest BCUT2D eigenvalue weighted by Crippen LogP contribution is 2.21. The van der Waals surface area contributed by atoms with Crippen LogP contribution >= 0.6 is 0 Å². The Morgan fingerprint density at radius 2 is 1.91 bits per heavy atom. The molecule has 0 aliphatic rings. The van der Waals surface area contributed by atoms with Crippen molar-refractivity contribution in [2.24, 2.45) is 0 Å². The Balaban J connectivity index is 3.00. The van der Waals surface area contributed by atoms with E-state index in [9.17, 15) is 12.6 Å². The lowest BCUT2D eigenvalue weighted by Gasteiger charge is -2.22. The van der Waals surface area contributed by atoms with Gasteiger partial charge in [-0.05, 0) is 46.2 Å². The molecule has 1 unspecified atom stereocenters. The summed E-state index contributed by atoms with van der Waals surface area (Å²) >= 11 is 0. The first kappa shape index (κ1) is 19.1. The van der Waals surface area contributed by atoms with E-state index in [4.69, 9.17) is 0 Å². The molecule has 0 radical (unpaired) electrons. The van der Waals surface area contributed by atoms with Crippen LogP contribution in [0.4, 0.5) is 5.69 Å². The Bertz CT molecular complexity index is 652. The van der Waals surface area contributed by atoms with Crippen LogP contribution in [0.2, 0.25) is 0 Å². The molecule has 6 nitrogen and oxygen atoms in total. The van der Waals surface area contributed by atoms with Gasteiger partial charge in [-0.25, -0.2) is 17.3 Å². The summed E-state index contributed by atoms with van der Waals surface area (Å²) in [5.41, 5.74) is 1.88. The highest BCUT2D eigenvalue weighted by Gasteiger charge is 2.22. The molecule has 0 bridgehead atoms. The maximum atomic E-state index is 12.1. The third kappa shape index (κ3) is 5.66. The predicted molar refractivity (Wildman–Crippen MR) is 91.5 cm³/mol. The van der Waals surface area contributed by atoms with Crippen molar-refractivity contribution in [2.45, 2.75) is 51.8 Å². The van der Waals surface area contributed by atoms with Crippen LogP contribution in [0.25, 0.3) is 0 Å². The molecule has 0 saturated carbocycles. The van der Waals surface area contributed by atoms with Gasteiger partial charge in [0.15, 0.2) is 0 Å². The Morgan fingerprint density at radius 3 is 2.36 bits per heavy atom. The number of nitrogens with one attached hydrogen (secondary N) is 2. The van der Waals surface area contributed by atoms with Crippen LogP contribution in [-0.2, 0) is 27.4 Å². The molecule has 0 amide bonds. The maximum Gasteiger partial charge on any atom is 0.229 e. The van der Waals surface area contributed by atoms with E-state index in [1.54, 1.807) is 12.1 Å². The second kappa shape index (κ2) is 7.06. The molecule has 1 rings (SSSR count). The van der Waals surface area contributed by atoms with Crippen molar-refractivity contribution < 1.29 is 12.6 Å². The summed E-state index contributed by atoms with van der Waals surface area (Å²) in [7, 11) is -4.53. The second-order valence-electron chi connectivity index (χ2n) is 6.18. The van der Waals surface area contributed by atoms with Crippen molar-refractivity contribution in [3.8, 4) is 0 Å². The fraction of sp³-hybridized carbons (Fsp3) is 0.643. The van der Waals surface area contributed by atoms with Crippen LogP contribution in [0.5, 0.6) is 0 Å². The first-order valence-corrected chi connectivity index (χ1v) is 10.1. The minimum absolute atomic E-state index is 0.197. The van der Waals surface area contributed by atoms with E-state index < -0.39 is 21.0 Å². The van der Waals surface area contributed by atoms with E-state index >= 15 is 0 Å². The predicted octanol–water partition coefficient (Wildman–Crippen LogP) is 2.13. The molecule has 2 N–H and O–H groups in total. The van der Waals surface area contributed by atoms with E-state index in [-0.39, 0.29) is 10.8 Å². The lowest BCUT2D eigenvalue weighted by atomic mass is 10.2. The normalized spacial score (nSPS) is 15.4. The number of aromatic nitrogens is 1. The van der Waals surface area contributed by atoms with Crippen molar-refractivity contribution in [1.29, 1.82) is 0 Å². The molecule has 1 heterocycles. The highest BCUT2D eigenvalue weighted by molar-refractivity contribution is 7.92. The standard InChI is InChI=1S/C14H25N3O3S2/c1-7-11-13(17-22(6,19)20)9-8-12(15-11)10(2)16-21(18)14(3,4)5/h8-10,16-17H,7H2,1-6H3/t10-,21?/m1/s1. The molecule has 2 atom stereocenters. The molecule has 0 fully saturated rings. The summed E-state index contributed by atoms with van der Waals surface area (Å²) in [6.07, 6.45) is 1.71. The van der Waals surface area contributed by atoms with Crippen LogP contribution in [0.15, 0.2) is 12.1 Å². The molecule has 0 aromatic carbocycles. The van der Waals surface area contributed by atoms with Gasteiger partial charge in [-0.15, -0.1) is 0 Å². The Kier molecular flexibility index (Phi) is 6.11. The average molecular weight is 348 g/mol. The lowest BCUT2D eigenvalue weighted by Crippen LogP contribution is -2.35. The van der Waals surface area contributed by atoms with Gasteiger partial charge in [-0.1, -0.05) is 6.92 Å². The fourth-order valence-electron chi connectivity index (χ4n) is 1.72. The summed E-state index contributed by atoms with van der Waals surface area (Å²) in [5.74, 6) is 0. The highest BCUT2D eigenvalue weighted by atomic mass is 32.2. The minimum atomic E-state index is -3.34. The Hall–Kier alpha value is -0.990. The lowest BCUT2D eigenvalue weighted by molar-refractivity contribution is 0.606. The van der Waals surface area contributed by atoms with Crippen molar-refractivity contribution in [2.75, 3.05) is 11.0 Å². The van der Waals surface area contributed by atoms with E-state index in [0.717, 1.165) is 11.9 Å². The number of sulfonamides is 1. The number of rotatable bonds is 6. The molecular formula is C14H25N3O3S2. The summed E-state index contributed by atoms with van der Waals surface area (Å²) in [5, 5.41) is 0. The number of nitrogens with zero attached hydrogens (tertiary/aromatic N) is 1. The fourth-order valence-corrected chi connectivity index (χ4v) is 3.10. The molecule has 126 valence electrons. The first-order chi connectivity index (χ1) is 9.94. The Morgan fingerprint density at radius 1 is 1.32 bits per heavy atom. The number of hydrogen-bond donors (Lipinski definition) is 2. The summed E-state index contributed by atoms with van der Waals surface area (Å²) in [6.45, 7) is 9.48. The van der Waals surface area contributed by atoms with Gasteiger partial charge < -0.3 is 0 Å². The van der Waals surface area contributed by atoms with Crippen LogP contribution < -0.4 is 9.44 Å². The van der Waals surface area contributed by atoms with Gasteiger partial charge in [-0.2, -0.15) is 0 Å². The van der Waals surface area contributed by atoms with E-state index in [1.165, 1.54) is 0 Å². The second-order valence-corrected chi connectivity index (χ2v) is 9.93. The largest absolute Gasteiger partial charge is 0.282 e. The zero-order valence-electron chi connectivity index (χ0n) is 13.9. The number of anilines is 1. The molecule has 0 aliphatic heterocycles. The van der Waals surface area contributed by atoms with Gasteiger partial charge in [0.25, 0.3) is 0 Å². The Labute approximate surface area is 135 Å². The first-order valence-electron chi connectivity index (χ1n) is 7.09.